The zero-order valence-electron chi connectivity index (χ0n) is 22.0. The van der Waals surface area contributed by atoms with Crippen LogP contribution in [0.1, 0.15) is 65.8 Å². The molecule has 1 aliphatic rings. The van der Waals surface area contributed by atoms with Gasteiger partial charge in [-0.15, -0.1) is 0 Å². The second-order valence-corrected chi connectivity index (χ2v) is 9.63. The third kappa shape index (κ3) is 7.26. The molecule has 1 unspecified atom stereocenters. The standard InChI is InChI=1S/C29H32F3N3O4/c1-3-38-28(37)23-13-15-34(16-14-23)27(36)25-19-39-26(33-25)18-35(20(2)22-7-5-4-6-8-22)17-21-9-11-24(12-10-21)29(30,31)32/h4-12,19-20,23H,3,13-18H2,1-2H3. The average molecular weight is 544 g/mol. The third-order valence-corrected chi connectivity index (χ3v) is 7.01. The highest BCUT2D eigenvalue weighted by Crippen LogP contribution is 2.30. The van der Waals surface area contributed by atoms with Crippen molar-refractivity contribution in [2.75, 3.05) is 19.7 Å². The van der Waals surface area contributed by atoms with E-state index in [-0.39, 0.29) is 36.1 Å². The number of amides is 1. The van der Waals surface area contributed by atoms with E-state index in [1.54, 1.807) is 11.8 Å². The SMILES string of the molecule is CCOC(=O)C1CCN(C(=O)c2coc(CN(Cc3ccc(C(F)(F)F)cc3)C(C)c3ccccc3)n2)CC1. The number of nitrogens with zero attached hydrogens (tertiary/aromatic N) is 3. The molecule has 1 fully saturated rings. The van der Waals surface area contributed by atoms with Crippen molar-refractivity contribution in [1.82, 2.24) is 14.8 Å². The van der Waals surface area contributed by atoms with E-state index < -0.39 is 11.7 Å². The van der Waals surface area contributed by atoms with Gasteiger partial charge in [-0.25, -0.2) is 4.98 Å². The van der Waals surface area contributed by atoms with Gasteiger partial charge >= 0.3 is 12.1 Å². The lowest BCUT2D eigenvalue weighted by Gasteiger charge is -2.30. The van der Waals surface area contributed by atoms with Crippen LogP contribution >= 0.6 is 0 Å². The number of hydrogen-bond donors (Lipinski definition) is 0. The smallest absolute Gasteiger partial charge is 0.416 e. The van der Waals surface area contributed by atoms with Crippen molar-refractivity contribution in [3.63, 3.8) is 0 Å². The first kappa shape index (κ1) is 28.4. The fraction of sp³-hybridized carbons (Fsp3) is 0.414. The minimum atomic E-state index is -4.40. The molecule has 0 saturated carbocycles. The van der Waals surface area contributed by atoms with Gasteiger partial charge in [-0.05, 0) is 49.9 Å². The fourth-order valence-electron chi connectivity index (χ4n) is 4.70. The van der Waals surface area contributed by atoms with Crippen LogP contribution in [0.25, 0.3) is 0 Å². The summed E-state index contributed by atoms with van der Waals surface area (Å²) in [6.07, 6.45) is -2.00. The summed E-state index contributed by atoms with van der Waals surface area (Å²) in [5.74, 6) is -0.374. The molecule has 0 radical (unpaired) electrons. The highest BCUT2D eigenvalue weighted by molar-refractivity contribution is 5.92. The summed E-state index contributed by atoms with van der Waals surface area (Å²) < 4.78 is 49.8. The number of esters is 1. The van der Waals surface area contributed by atoms with E-state index in [2.05, 4.69) is 4.98 Å². The molecule has 2 heterocycles. The van der Waals surface area contributed by atoms with E-state index >= 15 is 0 Å². The Morgan fingerprint density at radius 1 is 1.08 bits per heavy atom. The Hall–Kier alpha value is -3.66. The quantitative estimate of drug-likeness (QED) is 0.314. The molecule has 4 rings (SSSR count). The van der Waals surface area contributed by atoms with E-state index in [1.807, 2.05) is 42.2 Å². The predicted molar refractivity (Wildman–Crippen MR) is 137 cm³/mol. The maximum absolute atomic E-state index is 13.0. The Bertz CT molecular complexity index is 1240. The monoisotopic (exact) mass is 543 g/mol. The molecule has 1 saturated heterocycles. The number of carbonyl (C=O) groups excluding carboxylic acids is 2. The number of rotatable bonds is 9. The number of carbonyl (C=O) groups is 2. The summed E-state index contributed by atoms with van der Waals surface area (Å²) in [7, 11) is 0. The van der Waals surface area contributed by atoms with E-state index in [4.69, 9.17) is 9.15 Å². The van der Waals surface area contributed by atoms with Crippen LogP contribution in [0.4, 0.5) is 13.2 Å². The van der Waals surface area contributed by atoms with Gasteiger partial charge in [-0.2, -0.15) is 13.2 Å². The summed E-state index contributed by atoms with van der Waals surface area (Å²) in [6.45, 7) is 5.55. The topological polar surface area (TPSA) is 75.9 Å². The summed E-state index contributed by atoms with van der Waals surface area (Å²) in [5.41, 5.74) is 1.22. The van der Waals surface area contributed by atoms with Gasteiger partial charge in [-0.3, -0.25) is 14.5 Å². The summed E-state index contributed by atoms with van der Waals surface area (Å²) >= 11 is 0. The Labute approximate surface area is 225 Å². The predicted octanol–water partition coefficient (Wildman–Crippen LogP) is 5.87. The second kappa shape index (κ2) is 12.5. The van der Waals surface area contributed by atoms with Crippen molar-refractivity contribution < 1.29 is 31.9 Å². The van der Waals surface area contributed by atoms with Gasteiger partial charge in [0, 0.05) is 25.7 Å². The first-order valence-electron chi connectivity index (χ1n) is 13.0. The highest BCUT2D eigenvalue weighted by atomic mass is 19.4. The molecule has 1 aliphatic heterocycles. The van der Waals surface area contributed by atoms with Crippen LogP contribution in [0.15, 0.2) is 65.3 Å². The number of ether oxygens (including phenoxy) is 1. The summed E-state index contributed by atoms with van der Waals surface area (Å²) in [6, 6.07) is 14.7. The first-order valence-corrected chi connectivity index (χ1v) is 13.0. The van der Waals surface area contributed by atoms with Gasteiger partial charge in [0.15, 0.2) is 5.69 Å². The van der Waals surface area contributed by atoms with Crippen LogP contribution in [0.2, 0.25) is 0 Å². The van der Waals surface area contributed by atoms with Crippen molar-refractivity contribution in [2.45, 2.75) is 52.0 Å². The summed E-state index contributed by atoms with van der Waals surface area (Å²) in [4.78, 5) is 33.2. The van der Waals surface area contributed by atoms with Crippen molar-refractivity contribution in [2.24, 2.45) is 5.92 Å². The number of oxazole rings is 1. The Kier molecular flexibility index (Phi) is 9.06. The van der Waals surface area contributed by atoms with Crippen LogP contribution in [0, 0.1) is 5.92 Å². The molecule has 0 aliphatic carbocycles. The van der Waals surface area contributed by atoms with Crippen molar-refractivity contribution >= 4 is 11.9 Å². The van der Waals surface area contributed by atoms with Crippen molar-refractivity contribution in [1.29, 1.82) is 0 Å². The number of piperidine rings is 1. The third-order valence-electron chi connectivity index (χ3n) is 7.01. The van der Waals surface area contributed by atoms with Gasteiger partial charge < -0.3 is 14.1 Å². The van der Waals surface area contributed by atoms with Crippen LogP contribution in [0.5, 0.6) is 0 Å². The zero-order chi connectivity index (χ0) is 28.0. The maximum Gasteiger partial charge on any atom is 0.416 e. The molecule has 39 heavy (non-hydrogen) atoms. The summed E-state index contributed by atoms with van der Waals surface area (Å²) in [5, 5.41) is 0. The molecule has 10 heteroatoms. The number of alkyl halides is 3. The highest BCUT2D eigenvalue weighted by Gasteiger charge is 2.31. The number of halogens is 3. The zero-order valence-corrected chi connectivity index (χ0v) is 22.0. The van der Waals surface area contributed by atoms with E-state index in [0.717, 1.165) is 17.7 Å². The molecule has 0 N–H and O–H groups in total. The molecule has 3 aromatic rings. The molecule has 208 valence electrons. The van der Waals surface area contributed by atoms with Gasteiger partial charge in [0.1, 0.15) is 6.26 Å². The minimum absolute atomic E-state index is 0.110. The Balaban J connectivity index is 1.46. The molecular formula is C29H32F3N3O4. The van der Waals surface area contributed by atoms with Crippen molar-refractivity contribution in [3.8, 4) is 0 Å². The fourth-order valence-corrected chi connectivity index (χ4v) is 4.70. The number of hydrogen-bond acceptors (Lipinski definition) is 6. The normalized spacial score (nSPS) is 15.4. The van der Waals surface area contributed by atoms with Crippen LogP contribution in [-0.2, 0) is 28.8 Å². The molecule has 1 atom stereocenters. The molecule has 7 nitrogen and oxygen atoms in total. The molecule has 0 bridgehead atoms. The number of benzene rings is 2. The van der Waals surface area contributed by atoms with Gasteiger partial charge in [0.25, 0.3) is 5.91 Å². The molecule has 1 aromatic heterocycles. The first-order chi connectivity index (χ1) is 18.7. The van der Waals surface area contributed by atoms with Crippen LogP contribution in [0.3, 0.4) is 0 Å². The lowest BCUT2D eigenvalue weighted by atomic mass is 9.97. The Morgan fingerprint density at radius 2 is 1.74 bits per heavy atom. The van der Waals surface area contributed by atoms with Crippen LogP contribution < -0.4 is 0 Å². The average Bonchev–Trinajstić information content (AvgIpc) is 3.41. The lowest BCUT2D eigenvalue weighted by molar-refractivity contribution is -0.149. The lowest BCUT2D eigenvalue weighted by Crippen LogP contribution is -2.40. The largest absolute Gasteiger partial charge is 0.466 e. The Morgan fingerprint density at radius 3 is 2.36 bits per heavy atom. The molecule has 0 spiro atoms. The molecule has 1 amide bonds. The number of likely N-dealkylation sites (tertiary alicyclic amines) is 1. The van der Waals surface area contributed by atoms with Gasteiger partial charge in [0.2, 0.25) is 5.89 Å². The van der Waals surface area contributed by atoms with E-state index in [9.17, 15) is 22.8 Å². The minimum Gasteiger partial charge on any atom is -0.466 e. The van der Waals surface area contributed by atoms with Gasteiger partial charge in [-0.1, -0.05) is 42.5 Å². The van der Waals surface area contributed by atoms with Gasteiger partial charge in [0.05, 0.1) is 24.6 Å². The second-order valence-electron chi connectivity index (χ2n) is 9.63. The van der Waals surface area contributed by atoms with E-state index in [1.165, 1.54) is 18.4 Å². The van der Waals surface area contributed by atoms with E-state index in [0.29, 0.717) is 50.5 Å². The maximum atomic E-state index is 13.0. The van der Waals surface area contributed by atoms with Crippen molar-refractivity contribution in [3.05, 3.63) is 89.1 Å². The van der Waals surface area contributed by atoms with Crippen LogP contribution in [-0.4, -0.2) is 46.4 Å². The number of aromatic nitrogens is 1. The molecule has 2 aromatic carbocycles. The molecular weight excluding hydrogens is 511 g/mol.